The van der Waals surface area contributed by atoms with E-state index in [2.05, 4.69) is 26.1 Å². The number of benzene rings is 1. The van der Waals surface area contributed by atoms with Crippen molar-refractivity contribution < 1.29 is 14.0 Å². The predicted octanol–water partition coefficient (Wildman–Crippen LogP) is 2.44. The van der Waals surface area contributed by atoms with Crippen LogP contribution in [-0.4, -0.2) is 26.9 Å². The monoisotopic (exact) mass is 313 g/mol. The molecule has 1 aromatic carbocycles. The quantitative estimate of drug-likeness (QED) is 0.843. The second-order valence-corrected chi connectivity index (χ2v) is 8.43. The van der Waals surface area contributed by atoms with Crippen LogP contribution in [0.25, 0.3) is 0 Å². The van der Waals surface area contributed by atoms with E-state index in [0.29, 0.717) is 30.7 Å². The summed E-state index contributed by atoms with van der Waals surface area (Å²) in [5, 5.41) is 12.5. The zero-order chi connectivity index (χ0) is 15.6. The summed E-state index contributed by atoms with van der Waals surface area (Å²) in [6.07, 6.45) is 0.636. The third-order valence-electron chi connectivity index (χ3n) is 3.89. The molecule has 1 aliphatic heterocycles. The summed E-state index contributed by atoms with van der Waals surface area (Å²) in [6.45, 7) is 6.59. The minimum Gasteiger partial charge on any atom is -0.615 e. The molecule has 1 aromatic rings. The van der Waals surface area contributed by atoms with E-state index in [1.807, 2.05) is 6.07 Å². The molecule has 21 heavy (non-hydrogen) atoms. The normalized spacial score (nSPS) is 26.9. The molecule has 5 heteroatoms. The first kappa shape index (κ1) is 16.7. The molecule has 3 nitrogen and oxygen atoms in total. The molecule has 0 aromatic heterocycles. The molecule has 3 atom stereocenters. The van der Waals surface area contributed by atoms with E-state index in [4.69, 9.17) is 0 Å². The fourth-order valence-corrected chi connectivity index (χ4v) is 3.94. The van der Waals surface area contributed by atoms with Gasteiger partial charge in [0.15, 0.2) is 5.37 Å². The molecule has 0 saturated carbocycles. The number of aliphatic hydroxyl groups is 1. The van der Waals surface area contributed by atoms with Gasteiger partial charge >= 0.3 is 0 Å². The molecule has 1 fully saturated rings. The lowest BCUT2D eigenvalue weighted by Gasteiger charge is -2.29. The fraction of sp³-hybridized carbons (Fsp3) is 0.625. The van der Waals surface area contributed by atoms with Gasteiger partial charge < -0.3 is 9.66 Å². The topological polar surface area (TPSA) is 55.3 Å². The van der Waals surface area contributed by atoms with Crippen LogP contribution < -0.4 is 5.32 Å². The molecule has 1 heterocycles. The molecule has 1 aliphatic rings. The van der Waals surface area contributed by atoms with Crippen molar-refractivity contribution in [1.82, 2.24) is 5.32 Å². The zero-order valence-corrected chi connectivity index (χ0v) is 13.7. The van der Waals surface area contributed by atoms with Crippen molar-refractivity contribution in [3.05, 3.63) is 35.1 Å². The number of aliphatic hydroxyl groups excluding tert-OH is 1. The van der Waals surface area contributed by atoms with Crippen LogP contribution >= 0.6 is 0 Å². The van der Waals surface area contributed by atoms with E-state index < -0.39 is 17.3 Å². The minimum atomic E-state index is -0.995. The summed E-state index contributed by atoms with van der Waals surface area (Å²) in [5.74, 6) is 0.251. The average molecular weight is 313 g/mol. The van der Waals surface area contributed by atoms with Crippen LogP contribution in [-0.2, 0) is 23.1 Å². The van der Waals surface area contributed by atoms with Crippen molar-refractivity contribution >= 4 is 11.2 Å². The van der Waals surface area contributed by atoms with Gasteiger partial charge in [0.1, 0.15) is 11.6 Å². The lowest BCUT2D eigenvalue weighted by atomic mass is 9.86. The first-order valence-electron chi connectivity index (χ1n) is 7.35. The number of halogens is 1. The van der Waals surface area contributed by atoms with Gasteiger partial charge in [-0.3, -0.25) is 5.32 Å². The molecular weight excluding hydrogens is 289 g/mol. The summed E-state index contributed by atoms with van der Waals surface area (Å²) < 4.78 is 25.8. The van der Waals surface area contributed by atoms with Gasteiger partial charge in [-0.1, -0.05) is 32.9 Å². The highest BCUT2D eigenvalue weighted by Gasteiger charge is 2.31. The molecule has 1 saturated heterocycles. The van der Waals surface area contributed by atoms with Crippen LogP contribution in [0.15, 0.2) is 18.2 Å². The van der Waals surface area contributed by atoms with Gasteiger partial charge in [-0.2, -0.15) is 0 Å². The van der Waals surface area contributed by atoms with Crippen molar-refractivity contribution in [3.8, 4) is 0 Å². The van der Waals surface area contributed by atoms with Gasteiger partial charge in [0, 0.05) is 24.9 Å². The zero-order valence-electron chi connectivity index (χ0n) is 12.9. The first-order valence-corrected chi connectivity index (χ1v) is 8.73. The van der Waals surface area contributed by atoms with Crippen molar-refractivity contribution in [2.75, 3.05) is 5.75 Å². The third-order valence-corrected chi connectivity index (χ3v) is 5.52. The van der Waals surface area contributed by atoms with Crippen molar-refractivity contribution in [1.29, 1.82) is 0 Å². The molecule has 0 spiro atoms. The Balaban J connectivity index is 2.05. The van der Waals surface area contributed by atoms with Crippen LogP contribution in [0.1, 0.15) is 44.7 Å². The predicted molar refractivity (Wildman–Crippen MR) is 84.0 cm³/mol. The van der Waals surface area contributed by atoms with Crippen LogP contribution in [0.4, 0.5) is 4.39 Å². The Hall–Kier alpha value is -0.620. The van der Waals surface area contributed by atoms with Gasteiger partial charge in [-0.05, 0) is 28.2 Å². The van der Waals surface area contributed by atoms with Crippen LogP contribution in [0.5, 0.6) is 0 Å². The van der Waals surface area contributed by atoms with Gasteiger partial charge in [0.25, 0.3) is 0 Å². The number of nitrogens with one attached hydrogen (secondary N) is 1. The van der Waals surface area contributed by atoms with Gasteiger partial charge in [-0.15, -0.1) is 0 Å². The van der Waals surface area contributed by atoms with Crippen LogP contribution in [0.2, 0.25) is 0 Å². The third kappa shape index (κ3) is 4.42. The molecule has 0 bridgehead atoms. The molecule has 118 valence electrons. The van der Waals surface area contributed by atoms with Crippen molar-refractivity contribution in [2.45, 2.75) is 57.1 Å². The second kappa shape index (κ2) is 6.65. The van der Waals surface area contributed by atoms with E-state index in [1.54, 1.807) is 6.07 Å². The maximum absolute atomic E-state index is 13.9. The Labute approximate surface area is 129 Å². The Bertz CT molecular complexity index is 490. The fourth-order valence-electron chi connectivity index (χ4n) is 2.44. The highest BCUT2D eigenvalue weighted by atomic mass is 32.2. The first-order chi connectivity index (χ1) is 9.77. The number of hydrogen-bond acceptors (Lipinski definition) is 3. The maximum atomic E-state index is 13.9. The highest BCUT2D eigenvalue weighted by Crippen LogP contribution is 2.25. The summed E-state index contributed by atoms with van der Waals surface area (Å²) in [7, 11) is 0. The molecular formula is C16H24FNO2S. The highest BCUT2D eigenvalue weighted by molar-refractivity contribution is 7.92. The lowest BCUT2D eigenvalue weighted by Crippen LogP contribution is -2.44. The maximum Gasteiger partial charge on any atom is 0.169 e. The van der Waals surface area contributed by atoms with Crippen LogP contribution in [0.3, 0.4) is 0 Å². The van der Waals surface area contributed by atoms with E-state index in [1.165, 1.54) is 6.07 Å². The average Bonchev–Trinajstić information content (AvgIpc) is 2.40. The van der Waals surface area contributed by atoms with E-state index in [9.17, 15) is 14.0 Å². The van der Waals surface area contributed by atoms with Gasteiger partial charge in [0.05, 0.1) is 6.10 Å². The largest absolute Gasteiger partial charge is 0.615 e. The number of rotatable bonds is 3. The standard InChI is InChI=1S/C16H24FNO2S/c1-16(2,3)12-4-5-14(17)11(8-12)10-18-15-9-13(19)6-7-21(15)20/h4-5,8,13,15,18-19H,6-7,9-10H2,1-3H3. The molecule has 3 unspecified atom stereocenters. The SMILES string of the molecule is CC(C)(C)c1ccc(F)c(CNC2CC(O)CC[S+]2[O-])c1. The smallest absolute Gasteiger partial charge is 0.169 e. The van der Waals surface area contributed by atoms with Crippen LogP contribution in [0, 0.1) is 5.82 Å². The molecule has 2 rings (SSSR count). The van der Waals surface area contributed by atoms with E-state index in [-0.39, 0.29) is 16.6 Å². The Kier molecular flexibility index (Phi) is 5.30. The summed E-state index contributed by atoms with van der Waals surface area (Å²) in [4.78, 5) is 0. The number of hydrogen-bond donors (Lipinski definition) is 2. The summed E-state index contributed by atoms with van der Waals surface area (Å²) in [5.41, 5.74) is 1.62. The summed E-state index contributed by atoms with van der Waals surface area (Å²) in [6, 6.07) is 5.16. The van der Waals surface area contributed by atoms with E-state index in [0.717, 1.165) is 5.56 Å². The lowest BCUT2D eigenvalue weighted by molar-refractivity contribution is 0.149. The summed E-state index contributed by atoms with van der Waals surface area (Å²) >= 11 is -0.995. The van der Waals surface area contributed by atoms with Gasteiger partial charge in [-0.25, -0.2) is 4.39 Å². The molecule has 0 aliphatic carbocycles. The minimum absolute atomic E-state index is 0.0354. The van der Waals surface area contributed by atoms with Crippen molar-refractivity contribution in [3.63, 3.8) is 0 Å². The molecule has 0 radical (unpaired) electrons. The Morgan fingerprint density at radius 3 is 2.81 bits per heavy atom. The Morgan fingerprint density at radius 1 is 1.43 bits per heavy atom. The second-order valence-electron chi connectivity index (χ2n) is 6.69. The molecule has 2 N–H and O–H groups in total. The van der Waals surface area contributed by atoms with Crippen molar-refractivity contribution in [2.24, 2.45) is 0 Å². The molecule has 0 amide bonds. The van der Waals surface area contributed by atoms with Gasteiger partial charge in [0.2, 0.25) is 0 Å². The Morgan fingerprint density at radius 2 is 2.14 bits per heavy atom. The van der Waals surface area contributed by atoms with E-state index >= 15 is 0 Å².